The number of aryl methyl sites for hydroxylation is 1. The van der Waals surface area contributed by atoms with Crippen LogP contribution < -0.4 is 0 Å². The summed E-state index contributed by atoms with van der Waals surface area (Å²) in [4.78, 5) is 13.1. The van der Waals surface area contributed by atoms with E-state index in [9.17, 15) is 10.1 Å². The molecule has 0 aliphatic carbocycles. The molecule has 1 fully saturated rings. The third kappa shape index (κ3) is 2.44. The van der Waals surface area contributed by atoms with Gasteiger partial charge in [-0.15, -0.1) is 0 Å². The van der Waals surface area contributed by atoms with Gasteiger partial charge in [-0.25, -0.2) is 0 Å². The maximum atomic E-state index is 13.1. The molecular weight excluding hydrogens is 310 g/mol. The first-order chi connectivity index (χ1) is 12.1. The van der Waals surface area contributed by atoms with E-state index in [-0.39, 0.29) is 23.8 Å². The van der Waals surface area contributed by atoms with Crippen LogP contribution in [-0.4, -0.2) is 22.5 Å². The van der Waals surface area contributed by atoms with Crippen LogP contribution in [0.4, 0.5) is 0 Å². The van der Waals surface area contributed by atoms with Crippen molar-refractivity contribution in [2.45, 2.75) is 32.4 Å². The lowest BCUT2D eigenvalue weighted by molar-refractivity contribution is 0.0833. The minimum Gasteiger partial charge on any atom is -0.292 e. The molecule has 25 heavy (non-hydrogen) atoms. The summed E-state index contributed by atoms with van der Waals surface area (Å²) >= 11 is 0. The van der Waals surface area contributed by atoms with E-state index in [0.29, 0.717) is 12.0 Å². The van der Waals surface area contributed by atoms with Crippen LogP contribution in [0.3, 0.4) is 0 Å². The highest BCUT2D eigenvalue weighted by atomic mass is 16.1. The van der Waals surface area contributed by atoms with Gasteiger partial charge in [0.25, 0.3) is 0 Å². The van der Waals surface area contributed by atoms with Crippen molar-refractivity contribution >= 4 is 11.5 Å². The first-order valence-corrected chi connectivity index (χ1v) is 8.53. The van der Waals surface area contributed by atoms with E-state index in [1.165, 1.54) is 0 Å². The van der Waals surface area contributed by atoms with Crippen LogP contribution in [0.25, 0.3) is 0 Å². The third-order valence-electron chi connectivity index (χ3n) is 5.20. The minimum absolute atomic E-state index is 0.0404. The summed E-state index contributed by atoms with van der Waals surface area (Å²) in [6.45, 7) is 3.96. The van der Waals surface area contributed by atoms with E-state index in [4.69, 9.17) is 5.10 Å². The second-order valence-corrected chi connectivity index (χ2v) is 6.81. The maximum absolute atomic E-state index is 13.1. The molecule has 0 amide bonds. The second kappa shape index (κ2) is 5.86. The Morgan fingerprint density at radius 3 is 2.60 bits per heavy atom. The summed E-state index contributed by atoms with van der Waals surface area (Å²) in [6, 6.07) is 17.5. The molecule has 0 unspecified atom stereocenters. The van der Waals surface area contributed by atoms with Gasteiger partial charge in [-0.2, -0.15) is 10.4 Å². The number of hydrogen-bond donors (Lipinski definition) is 0. The average Bonchev–Trinajstić information content (AvgIpc) is 3.00. The smallest absolute Gasteiger partial charge is 0.186 e. The lowest BCUT2D eigenvalue weighted by Gasteiger charge is -2.33. The number of hydrogen-bond acceptors (Lipinski definition) is 4. The third-order valence-corrected chi connectivity index (χ3v) is 5.20. The standard InChI is InChI=1S/C21H19N3O/c1-13-7-9-15(10-8-13)21(25)19-11-16(12-22)20-18-6-4-3-5-17(18)14(2)23-24(19)20/h3-10,16,19-20H,11H2,1-2H3/t16-,19+,20-/m1/s1. The molecule has 0 aromatic heterocycles. The topological polar surface area (TPSA) is 56.5 Å². The van der Waals surface area contributed by atoms with E-state index in [1.807, 2.05) is 67.4 Å². The van der Waals surface area contributed by atoms with Gasteiger partial charge in [0.2, 0.25) is 0 Å². The fourth-order valence-corrected chi connectivity index (χ4v) is 3.92. The molecule has 2 aromatic carbocycles. The number of carbonyl (C=O) groups is 1. The van der Waals surface area contributed by atoms with Crippen molar-refractivity contribution in [1.82, 2.24) is 5.01 Å². The number of fused-ring (bicyclic) bond motifs is 3. The van der Waals surface area contributed by atoms with Gasteiger partial charge < -0.3 is 0 Å². The van der Waals surface area contributed by atoms with Crippen LogP contribution in [0, 0.1) is 24.2 Å². The lowest BCUT2D eigenvalue weighted by Crippen LogP contribution is -2.37. The van der Waals surface area contributed by atoms with E-state index in [1.54, 1.807) is 0 Å². The fourth-order valence-electron chi connectivity index (χ4n) is 3.92. The van der Waals surface area contributed by atoms with Crippen LogP contribution >= 0.6 is 0 Å². The Bertz CT molecular complexity index is 907. The zero-order valence-electron chi connectivity index (χ0n) is 14.3. The van der Waals surface area contributed by atoms with Crippen molar-refractivity contribution in [3.8, 4) is 6.07 Å². The lowest BCUT2D eigenvalue weighted by atomic mass is 9.89. The number of nitrogens with zero attached hydrogens (tertiary/aromatic N) is 3. The summed E-state index contributed by atoms with van der Waals surface area (Å²) in [7, 11) is 0. The zero-order valence-corrected chi connectivity index (χ0v) is 14.3. The molecule has 2 aliphatic heterocycles. The predicted octanol–water partition coefficient (Wildman–Crippen LogP) is 3.87. The number of nitriles is 1. The number of rotatable bonds is 2. The molecule has 4 heteroatoms. The summed E-state index contributed by atoms with van der Waals surface area (Å²) in [5.41, 5.74) is 4.87. The van der Waals surface area contributed by atoms with Crippen molar-refractivity contribution in [2.24, 2.45) is 11.0 Å². The number of Topliss-reactive ketones (excluding diaryl/α,β-unsaturated/α-hetero) is 1. The van der Waals surface area contributed by atoms with Gasteiger partial charge in [-0.1, -0.05) is 54.1 Å². The number of ketones is 1. The first kappa shape index (κ1) is 15.6. The maximum Gasteiger partial charge on any atom is 0.186 e. The van der Waals surface area contributed by atoms with E-state index in [2.05, 4.69) is 6.07 Å². The van der Waals surface area contributed by atoms with Gasteiger partial charge >= 0.3 is 0 Å². The summed E-state index contributed by atoms with van der Waals surface area (Å²) in [6.07, 6.45) is 0.513. The number of hydrazone groups is 1. The molecule has 0 spiro atoms. The van der Waals surface area contributed by atoms with Crippen LogP contribution in [0.2, 0.25) is 0 Å². The molecule has 0 N–H and O–H groups in total. The molecule has 2 aliphatic rings. The first-order valence-electron chi connectivity index (χ1n) is 8.53. The largest absolute Gasteiger partial charge is 0.292 e. The quantitative estimate of drug-likeness (QED) is 0.786. The molecule has 4 nitrogen and oxygen atoms in total. The van der Waals surface area contributed by atoms with Gasteiger partial charge in [0.05, 0.1) is 23.7 Å². The van der Waals surface area contributed by atoms with Crippen LogP contribution in [0.15, 0.2) is 53.6 Å². The van der Waals surface area contributed by atoms with Crippen molar-refractivity contribution < 1.29 is 4.79 Å². The molecule has 2 heterocycles. The molecule has 0 bridgehead atoms. The molecule has 0 radical (unpaired) electrons. The summed E-state index contributed by atoms with van der Waals surface area (Å²) in [5, 5.41) is 16.2. The molecular formula is C21H19N3O. The highest BCUT2D eigenvalue weighted by Crippen LogP contribution is 2.45. The van der Waals surface area contributed by atoms with Crippen molar-refractivity contribution in [2.75, 3.05) is 0 Å². The zero-order chi connectivity index (χ0) is 17.6. The summed E-state index contributed by atoms with van der Waals surface area (Å²) < 4.78 is 0. The highest BCUT2D eigenvalue weighted by molar-refractivity contribution is 6.03. The second-order valence-electron chi connectivity index (χ2n) is 6.81. The van der Waals surface area contributed by atoms with Gasteiger partial charge in [-0.05, 0) is 25.8 Å². The Hall–Kier alpha value is -2.93. The molecule has 0 saturated carbocycles. The van der Waals surface area contributed by atoms with E-state index >= 15 is 0 Å². The molecule has 4 rings (SSSR count). The predicted molar refractivity (Wildman–Crippen MR) is 96.3 cm³/mol. The van der Waals surface area contributed by atoms with Crippen molar-refractivity contribution in [1.29, 1.82) is 5.26 Å². The number of carbonyl (C=O) groups excluding carboxylic acids is 1. The summed E-state index contributed by atoms with van der Waals surface area (Å²) in [5.74, 6) is -0.198. The number of benzene rings is 2. The van der Waals surface area contributed by atoms with Gasteiger partial charge in [0.15, 0.2) is 5.78 Å². The molecule has 1 saturated heterocycles. The molecule has 124 valence electrons. The van der Waals surface area contributed by atoms with Crippen molar-refractivity contribution in [3.05, 3.63) is 70.8 Å². The van der Waals surface area contributed by atoms with Crippen molar-refractivity contribution in [3.63, 3.8) is 0 Å². The fraction of sp³-hybridized carbons (Fsp3) is 0.286. The average molecular weight is 329 g/mol. The van der Waals surface area contributed by atoms with Gasteiger partial charge in [0.1, 0.15) is 6.04 Å². The Kier molecular flexibility index (Phi) is 3.65. The Morgan fingerprint density at radius 2 is 1.88 bits per heavy atom. The Balaban J connectivity index is 1.76. The molecule has 2 aromatic rings. The van der Waals surface area contributed by atoms with Crippen LogP contribution in [-0.2, 0) is 0 Å². The van der Waals surface area contributed by atoms with Gasteiger partial charge in [0, 0.05) is 11.1 Å². The SMILES string of the molecule is CC1=NN2[C@H](C(=O)c3ccc(C)cc3)C[C@H](C#N)[C@@H]2c2ccccc21. The van der Waals surface area contributed by atoms with Gasteiger partial charge in [-0.3, -0.25) is 9.80 Å². The Morgan fingerprint density at radius 1 is 1.16 bits per heavy atom. The minimum atomic E-state index is -0.388. The van der Waals surface area contributed by atoms with Crippen LogP contribution in [0.5, 0.6) is 0 Å². The monoisotopic (exact) mass is 329 g/mol. The normalized spacial score (nSPS) is 24.1. The highest BCUT2D eigenvalue weighted by Gasteiger charge is 2.47. The van der Waals surface area contributed by atoms with Crippen LogP contribution in [0.1, 0.15) is 46.4 Å². The van der Waals surface area contributed by atoms with E-state index < -0.39 is 0 Å². The van der Waals surface area contributed by atoms with E-state index in [0.717, 1.165) is 22.4 Å². The Labute approximate surface area is 147 Å². The molecule has 3 atom stereocenters.